The molecule has 0 spiro atoms. The highest BCUT2D eigenvalue weighted by Crippen LogP contribution is 2.26. The first-order valence-electron chi connectivity index (χ1n) is 8.55. The first kappa shape index (κ1) is 21.3. The van der Waals surface area contributed by atoms with Gasteiger partial charge in [-0.3, -0.25) is 4.57 Å². The number of fused-ring (bicyclic) bond motifs is 1. The van der Waals surface area contributed by atoms with Gasteiger partial charge in [0.05, 0.1) is 7.11 Å². The average molecular weight is 393 g/mol. The minimum atomic E-state index is -4.71. The Morgan fingerprint density at radius 3 is 2.21 bits per heavy atom. The lowest BCUT2D eigenvalue weighted by molar-refractivity contribution is -0.274. The van der Waals surface area contributed by atoms with Gasteiger partial charge in [-0.1, -0.05) is 12.5 Å². The minimum Gasteiger partial charge on any atom is -0.481 e. The molecule has 8 heteroatoms. The van der Waals surface area contributed by atoms with Crippen molar-refractivity contribution in [1.82, 2.24) is 14.5 Å². The van der Waals surface area contributed by atoms with Crippen molar-refractivity contribution in [3.05, 3.63) is 54.4 Å². The van der Waals surface area contributed by atoms with Gasteiger partial charge in [0.15, 0.2) is 5.65 Å². The Morgan fingerprint density at radius 1 is 1.11 bits per heavy atom. The third-order valence-electron chi connectivity index (χ3n) is 3.79. The lowest BCUT2D eigenvalue weighted by Gasteiger charge is -2.10. The number of aromatic nitrogens is 3. The van der Waals surface area contributed by atoms with Gasteiger partial charge in [-0.2, -0.15) is 4.98 Å². The molecule has 0 saturated carbocycles. The fraction of sp³-hybridized carbons (Fsp3) is 0.300. The van der Waals surface area contributed by atoms with Crippen molar-refractivity contribution >= 4 is 11.2 Å². The summed E-state index contributed by atoms with van der Waals surface area (Å²) in [6.45, 7) is 9.59. The summed E-state index contributed by atoms with van der Waals surface area (Å²) in [7, 11) is 1.50. The molecule has 0 aliphatic carbocycles. The van der Waals surface area contributed by atoms with Gasteiger partial charge in [-0.05, 0) is 50.6 Å². The van der Waals surface area contributed by atoms with E-state index in [1.165, 1.54) is 36.9 Å². The molecule has 0 amide bonds. The highest BCUT2D eigenvalue weighted by molar-refractivity contribution is 5.74. The smallest absolute Gasteiger partial charge is 0.481 e. The molecule has 1 aromatic carbocycles. The number of methoxy groups -OCH3 is 1. The van der Waals surface area contributed by atoms with Crippen molar-refractivity contribution in [2.75, 3.05) is 7.11 Å². The summed E-state index contributed by atoms with van der Waals surface area (Å²) in [6, 6.07) is 8.97. The molecule has 2 heterocycles. The first-order valence-corrected chi connectivity index (χ1v) is 8.55. The van der Waals surface area contributed by atoms with E-state index < -0.39 is 6.36 Å². The maximum Gasteiger partial charge on any atom is 0.573 e. The molecule has 0 atom stereocenters. The van der Waals surface area contributed by atoms with Crippen LogP contribution in [0.5, 0.6) is 11.6 Å². The van der Waals surface area contributed by atoms with Gasteiger partial charge in [0.2, 0.25) is 5.88 Å². The first-order chi connectivity index (χ1) is 13.1. The lowest BCUT2D eigenvalue weighted by atomic mass is 10.3. The number of ether oxygens (including phenoxy) is 2. The minimum absolute atomic E-state index is 0.283. The maximum atomic E-state index is 12.2. The predicted octanol–water partition coefficient (Wildman–Crippen LogP) is 5.61. The highest BCUT2D eigenvalue weighted by atomic mass is 19.4. The molecule has 150 valence electrons. The third kappa shape index (κ3) is 5.48. The van der Waals surface area contributed by atoms with Gasteiger partial charge in [-0.15, -0.1) is 19.8 Å². The Hall–Kier alpha value is -3.03. The van der Waals surface area contributed by atoms with Crippen LogP contribution in [-0.2, 0) is 0 Å². The van der Waals surface area contributed by atoms with Crippen molar-refractivity contribution in [2.45, 2.75) is 33.6 Å². The molecule has 3 rings (SSSR count). The van der Waals surface area contributed by atoms with Crippen LogP contribution in [0.15, 0.2) is 48.6 Å². The topological polar surface area (TPSA) is 49.2 Å². The number of halogens is 3. The molecule has 0 aliphatic heterocycles. The summed E-state index contributed by atoms with van der Waals surface area (Å²) >= 11 is 0. The van der Waals surface area contributed by atoms with Crippen molar-refractivity contribution in [2.24, 2.45) is 0 Å². The average Bonchev–Trinajstić information content (AvgIpc) is 2.96. The van der Waals surface area contributed by atoms with Crippen molar-refractivity contribution in [1.29, 1.82) is 0 Å². The zero-order chi connectivity index (χ0) is 20.9. The molecule has 0 aliphatic rings. The van der Waals surface area contributed by atoms with Gasteiger partial charge in [0.25, 0.3) is 0 Å². The van der Waals surface area contributed by atoms with E-state index in [4.69, 9.17) is 4.74 Å². The van der Waals surface area contributed by atoms with Crippen LogP contribution in [0, 0.1) is 6.92 Å². The van der Waals surface area contributed by atoms with E-state index in [1.807, 2.05) is 6.92 Å². The monoisotopic (exact) mass is 393 g/mol. The van der Waals surface area contributed by atoms with E-state index in [1.54, 1.807) is 23.6 Å². The normalized spacial score (nSPS) is 11.0. The predicted molar refractivity (Wildman–Crippen MR) is 102 cm³/mol. The lowest BCUT2D eigenvalue weighted by Crippen LogP contribution is -2.17. The molecule has 3 aromatic rings. The second kappa shape index (κ2) is 8.77. The van der Waals surface area contributed by atoms with Crippen LogP contribution >= 0.6 is 0 Å². The van der Waals surface area contributed by atoms with Crippen LogP contribution < -0.4 is 9.47 Å². The Labute approximate surface area is 161 Å². The van der Waals surface area contributed by atoms with Gasteiger partial charge in [-0.25, -0.2) is 4.98 Å². The number of pyridine rings is 1. The Balaban J connectivity index is 0.000000500. The van der Waals surface area contributed by atoms with Crippen LogP contribution in [0.4, 0.5) is 13.2 Å². The van der Waals surface area contributed by atoms with E-state index in [0.29, 0.717) is 28.6 Å². The highest BCUT2D eigenvalue weighted by Gasteiger charge is 2.31. The SMILES string of the molecule is C=C(C)CC.COc1ccc2nc(C)n(-c3ccc(OC(F)(F)F)cc3)c2n1. The molecule has 5 nitrogen and oxygen atoms in total. The number of hydrogen-bond donors (Lipinski definition) is 0. The summed E-state index contributed by atoms with van der Waals surface area (Å²) in [4.78, 5) is 8.72. The zero-order valence-electron chi connectivity index (χ0n) is 16.2. The van der Waals surface area contributed by atoms with E-state index in [0.717, 1.165) is 6.42 Å². The number of aryl methyl sites for hydroxylation is 1. The molecule has 0 saturated heterocycles. The van der Waals surface area contributed by atoms with Crippen molar-refractivity contribution in [3.8, 4) is 17.3 Å². The van der Waals surface area contributed by atoms with E-state index >= 15 is 0 Å². The summed E-state index contributed by atoms with van der Waals surface area (Å²) < 4.78 is 47.3. The van der Waals surface area contributed by atoms with Gasteiger partial charge >= 0.3 is 6.36 Å². The number of hydrogen-bond acceptors (Lipinski definition) is 4. The summed E-state index contributed by atoms with van der Waals surface area (Å²) in [5, 5.41) is 0. The van der Waals surface area contributed by atoms with Crippen LogP contribution in [0.25, 0.3) is 16.9 Å². The summed E-state index contributed by atoms with van der Waals surface area (Å²) in [6.07, 6.45) is -3.60. The molecule has 0 unspecified atom stereocenters. The Morgan fingerprint density at radius 2 is 1.71 bits per heavy atom. The third-order valence-corrected chi connectivity index (χ3v) is 3.79. The number of imidazole rings is 1. The van der Waals surface area contributed by atoms with Crippen molar-refractivity contribution < 1.29 is 22.6 Å². The quantitative estimate of drug-likeness (QED) is 0.541. The fourth-order valence-corrected chi connectivity index (χ4v) is 2.27. The Kier molecular flexibility index (Phi) is 6.66. The molecular weight excluding hydrogens is 371 g/mol. The number of allylic oxidation sites excluding steroid dienone is 1. The number of alkyl halides is 3. The number of benzene rings is 1. The summed E-state index contributed by atoms with van der Waals surface area (Å²) in [5.74, 6) is 0.801. The number of rotatable bonds is 4. The van der Waals surface area contributed by atoms with Crippen LogP contribution in [0.1, 0.15) is 26.1 Å². The maximum absolute atomic E-state index is 12.2. The van der Waals surface area contributed by atoms with Crippen LogP contribution in [-0.4, -0.2) is 28.0 Å². The summed E-state index contributed by atoms with van der Waals surface area (Å²) in [5.41, 5.74) is 3.11. The van der Waals surface area contributed by atoms with E-state index in [-0.39, 0.29) is 5.75 Å². The molecule has 28 heavy (non-hydrogen) atoms. The Bertz CT molecular complexity index is 948. The molecular formula is C20H22F3N3O2. The standard InChI is InChI=1S/C15H12F3N3O2.C5H10/c1-9-19-12-7-8-13(22-2)20-14(12)21(9)10-3-5-11(6-4-10)23-15(16,17)18;1-4-5(2)3/h3-8H,1-2H3;2,4H2,1,3H3. The van der Waals surface area contributed by atoms with Crippen LogP contribution in [0.3, 0.4) is 0 Å². The molecule has 0 radical (unpaired) electrons. The molecule has 0 N–H and O–H groups in total. The second-order valence-corrected chi connectivity index (χ2v) is 6.04. The molecule has 0 bridgehead atoms. The zero-order valence-corrected chi connectivity index (χ0v) is 16.2. The molecule has 0 fully saturated rings. The van der Waals surface area contributed by atoms with Gasteiger partial charge in [0.1, 0.15) is 17.1 Å². The largest absolute Gasteiger partial charge is 0.573 e. The van der Waals surface area contributed by atoms with E-state index in [9.17, 15) is 13.2 Å². The number of nitrogens with zero attached hydrogens (tertiary/aromatic N) is 3. The fourth-order valence-electron chi connectivity index (χ4n) is 2.27. The van der Waals surface area contributed by atoms with Gasteiger partial charge in [0, 0.05) is 11.8 Å². The van der Waals surface area contributed by atoms with E-state index in [2.05, 4.69) is 28.2 Å². The van der Waals surface area contributed by atoms with Crippen molar-refractivity contribution in [3.63, 3.8) is 0 Å². The second-order valence-electron chi connectivity index (χ2n) is 6.04. The molecule has 2 aromatic heterocycles. The van der Waals surface area contributed by atoms with Gasteiger partial charge < -0.3 is 9.47 Å². The van der Waals surface area contributed by atoms with Crippen LogP contribution in [0.2, 0.25) is 0 Å².